The van der Waals surface area contributed by atoms with Gasteiger partial charge in [0, 0.05) is 0 Å². The zero-order chi connectivity index (χ0) is 17.7. The number of hydrogen-bond acceptors (Lipinski definition) is 7. The Labute approximate surface area is 130 Å². The Morgan fingerprint density at radius 2 is 1.26 bits per heavy atom. The Kier molecular flexibility index (Phi) is 6.33. The molecule has 0 spiro atoms. The van der Waals surface area contributed by atoms with E-state index in [4.69, 9.17) is 26.4 Å². The average Bonchev–Trinajstić information content (AvgIpc) is 2.77. The SMILES string of the molecule is NP(N)(=O)NC(=O)OCc1ccc(COC(=O)NP(N)(N)=O)o1. The summed E-state index contributed by atoms with van der Waals surface area (Å²) in [5, 5.41) is 3.48. The van der Waals surface area contributed by atoms with E-state index in [0.29, 0.717) is 0 Å². The molecule has 0 aliphatic carbocycles. The summed E-state index contributed by atoms with van der Waals surface area (Å²) in [7, 11) is -7.48. The summed E-state index contributed by atoms with van der Waals surface area (Å²) in [4.78, 5) is 22.3. The molecule has 0 aliphatic heterocycles. The lowest BCUT2D eigenvalue weighted by Crippen LogP contribution is -2.28. The Morgan fingerprint density at radius 3 is 1.57 bits per heavy atom. The number of furan rings is 1. The summed E-state index contributed by atoms with van der Waals surface area (Å²) >= 11 is 0. The highest BCUT2D eigenvalue weighted by Crippen LogP contribution is 2.19. The largest absolute Gasteiger partial charge is 0.459 e. The fourth-order valence-electron chi connectivity index (χ4n) is 1.20. The van der Waals surface area contributed by atoms with Crippen LogP contribution in [-0.4, -0.2) is 12.2 Å². The van der Waals surface area contributed by atoms with E-state index in [2.05, 4.69) is 9.47 Å². The van der Waals surface area contributed by atoms with Gasteiger partial charge in [-0.15, -0.1) is 0 Å². The minimum atomic E-state index is -3.74. The van der Waals surface area contributed by atoms with Gasteiger partial charge in [-0.1, -0.05) is 0 Å². The van der Waals surface area contributed by atoms with E-state index in [1.54, 1.807) is 10.2 Å². The van der Waals surface area contributed by atoms with Crippen molar-refractivity contribution in [2.75, 3.05) is 0 Å². The van der Waals surface area contributed by atoms with E-state index in [9.17, 15) is 18.7 Å². The van der Waals surface area contributed by atoms with Gasteiger partial charge in [0.15, 0.2) is 13.2 Å². The fourth-order valence-corrected chi connectivity index (χ4v) is 1.90. The number of carbonyl (C=O) groups excluding carboxylic acids is 2. The molecule has 0 saturated heterocycles. The second kappa shape index (κ2) is 7.59. The van der Waals surface area contributed by atoms with Crippen LogP contribution in [0.3, 0.4) is 0 Å². The van der Waals surface area contributed by atoms with Gasteiger partial charge in [-0.25, -0.2) is 19.8 Å². The Balaban J connectivity index is 2.40. The monoisotopic (exact) mass is 370 g/mol. The molecule has 0 radical (unpaired) electrons. The molecule has 1 aromatic rings. The predicted molar refractivity (Wildman–Crippen MR) is 77.3 cm³/mol. The smallest absolute Gasteiger partial charge is 0.414 e. The highest BCUT2D eigenvalue weighted by Gasteiger charge is 2.16. The minimum Gasteiger partial charge on any atom is -0.459 e. The molecule has 0 fully saturated rings. The summed E-state index contributed by atoms with van der Waals surface area (Å²) in [5.41, 5.74) is 19.7. The molecule has 0 saturated carbocycles. The van der Waals surface area contributed by atoms with Gasteiger partial charge < -0.3 is 13.9 Å². The van der Waals surface area contributed by atoms with E-state index in [0.717, 1.165) is 0 Å². The quantitative estimate of drug-likeness (QED) is 0.358. The van der Waals surface area contributed by atoms with Crippen LogP contribution in [0.25, 0.3) is 0 Å². The minimum absolute atomic E-state index is 0.200. The first kappa shape index (κ1) is 19.2. The second-order valence-electron chi connectivity index (χ2n) is 4.16. The maximum atomic E-state index is 11.2. The van der Waals surface area contributed by atoms with Crippen LogP contribution in [0.4, 0.5) is 9.59 Å². The molecule has 130 valence electrons. The van der Waals surface area contributed by atoms with Crippen molar-refractivity contribution in [2.45, 2.75) is 13.2 Å². The highest BCUT2D eigenvalue weighted by molar-refractivity contribution is 7.57. The van der Waals surface area contributed by atoms with Crippen molar-refractivity contribution >= 4 is 27.4 Å². The first-order valence-electron chi connectivity index (χ1n) is 5.77. The number of ether oxygens (including phenoxy) is 2. The molecule has 13 nitrogen and oxygen atoms in total. The molecule has 1 aromatic heterocycles. The van der Waals surface area contributed by atoms with Crippen LogP contribution in [0.1, 0.15) is 11.5 Å². The maximum absolute atomic E-state index is 11.2. The van der Waals surface area contributed by atoms with Gasteiger partial charge in [-0.2, -0.15) is 0 Å². The number of rotatable bonds is 6. The van der Waals surface area contributed by atoms with Gasteiger partial charge in [0.05, 0.1) is 0 Å². The van der Waals surface area contributed by atoms with Crippen LogP contribution < -0.4 is 32.2 Å². The van der Waals surface area contributed by atoms with Gasteiger partial charge in [0.25, 0.3) is 0 Å². The van der Waals surface area contributed by atoms with Crippen LogP contribution >= 0.6 is 15.2 Å². The molecule has 0 aromatic carbocycles. The van der Waals surface area contributed by atoms with Gasteiger partial charge in [-0.3, -0.25) is 31.1 Å². The van der Waals surface area contributed by atoms with Crippen molar-refractivity contribution < 1.29 is 32.6 Å². The fraction of sp³-hybridized carbons (Fsp3) is 0.250. The maximum Gasteiger partial charge on any atom is 0.414 e. The van der Waals surface area contributed by atoms with E-state index in [-0.39, 0.29) is 24.7 Å². The first-order chi connectivity index (χ1) is 10.4. The summed E-state index contributed by atoms with van der Waals surface area (Å²) in [6.45, 7) is -0.613. The topological polar surface area (TPSA) is 228 Å². The van der Waals surface area contributed by atoms with Crippen LogP contribution in [-0.2, 0) is 31.8 Å². The average molecular weight is 370 g/mol. The van der Waals surface area contributed by atoms with Crippen LogP contribution in [0.2, 0.25) is 0 Å². The van der Waals surface area contributed by atoms with E-state index in [1.165, 1.54) is 12.1 Å². The summed E-state index contributed by atoms with van der Waals surface area (Å²) in [5.74, 6) is 0.401. The number of carbonyl (C=O) groups is 2. The number of amides is 2. The lowest BCUT2D eigenvalue weighted by atomic mass is 10.4. The van der Waals surface area contributed by atoms with Gasteiger partial charge in [0.1, 0.15) is 11.5 Å². The second-order valence-corrected chi connectivity index (χ2v) is 7.45. The summed E-state index contributed by atoms with van der Waals surface area (Å²) in [6.07, 6.45) is -2.18. The Hall–Kier alpha value is -1.88. The molecule has 1 rings (SSSR count). The van der Waals surface area contributed by atoms with Crippen LogP contribution in [0.15, 0.2) is 16.5 Å². The lowest BCUT2D eigenvalue weighted by molar-refractivity contribution is 0.127. The van der Waals surface area contributed by atoms with Gasteiger partial charge in [0.2, 0.25) is 0 Å². The number of nitrogens with two attached hydrogens (primary N) is 4. The third kappa shape index (κ3) is 8.98. The van der Waals surface area contributed by atoms with Gasteiger partial charge >= 0.3 is 27.4 Å². The molecule has 0 bridgehead atoms. The highest BCUT2D eigenvalue weighted by atomic mass is 31.2. The molecule has 23 heavy (non-hydrogen) atoms. The number of nitrogens with one attached hydrogen (secondary N) is 2. The van der Waals surface area contributed by atoms with Crippen LogP contribution in [0, 0.1) is 0 Å². The van der Waals surface area contributed by atoms with Crippen molar-refractivity contribution in [3.05, 3.63) is 23.7 Å². The molecule has 0 atom stereocenters. The van der Waals surface area contributed by atoms with Crippen LogP contribution in [0.5, 0.6) is 0 Å². The molecular weight excluding hydrogens is 354 g/mol. The molecule has 0 unspecified atom stereocenters. The number of hydrogen-bond donors (Lipinski definition) is 6. The summed E-state index contributed by atoms with van der Waals surface area (Å²) in [6, 6.07) is 2.87. The predicted octanol–water partition coefficient (Wildman–Crippen LogP) is -0.217. The molecule has 10 N–H and O–H groups in total. The van der Waals surface area contributed by atoms with E-state index in [1.807, 2.05) is 0 Å². The zero-order valence-corrected chi connectivity index (χ0v) is 13.4. The van der Waals surface area contributed by atoms with Crippen molar-refractivity contribution in [3.63, 3.8) is 0 Å². The molecule has 1 heterocycles. The van der Waals surface area contributed by atoms with E-state index >= 15 is 0 Å². The van der Waals surface area contributed by atoms with Crippen molar-refractivity contribution in [1.29, 1.82) is 0 Å². The van der Waals surface area contributed by atoms with E-state index < -0.39 is 27.4 Å². The molecule has 2 amide bonds. The molecular formula is C8H16N6O7P2. The summed E-state index contributed by atoms with van der Waals surface area (Å²) < 4.78 is 36.3. The zero-order valence-electron chi connectivity index (χ0n) is 11.6. The van der Waals surface area contributed by atoms with Crippen molar-refractivity contribution in [2.24, 2.45) is 22.0 Å². The third-order valence-corrected chi connectivity index (χ3v) is 3.00. The lowest BCUT2D eigenvalue weighted by Gasteiger charge is -2.09. The van der Waals surface area contributed by atoms with Crippen molar-refractivity contribution in [1.82, 2.24) is 10.2 Å². The Morgan fingerprint density at radius 1 is 0.913 bits per heavy atom. The Bertz CT molecular complexity index is 609. The standard InChI is InChI=1S/C8H16N6O7P2/c9-22(10,17)13-7(15)19-3-5-1-2-6(21-5)4-20-8(16)14-23(11,12)18/h1-2H,3-4H2,(H5,9,10,13,15,17)(H5,11,12,14,16,18). The molecule has 15 heteroatoms. The third-order valence-electron chi connectivity index (χ3n) is 1.94. The normalized spacial score (nSPS) is 11.7. The van der Waals surface area contributed by atoms with Crippen molar-refractivity contribution in [3.8, 4) is 0 Å². The molecule has 0 aliphatic rings. The van der Waals surface area contributed by atoms with Gasteiger partial charge in [-0.05, 0) is 12.1 Å². The first-order valence-corrected chi connectivity index (χ1v) is 9.46.